The first kappa shape index (κ1) is 15.4. The molecule has 0 amide bonds. The molecule has 6 nitrogen and oxygen atoms in total. The molecule has 1 aliphatic heterocycles. The van der Waals surface area contributed by atoms with Crippen LogP contribution < -0.4 is 21.1 Å². The number of methoxy groups -OCH3 is 1. The molecular weight excluding hydrogens is 266 g/mol. The number of nitrogens with two attached hydrogens (primary N) is 2. The van der Waals surface area contributed by atoms with Crippen molar-refractivity contribution < 1.29 is 4.74 Å². The van der Waals surface area contributed by atoms with Gasteiger partial charge in [-0.25, -0.2) is 4.99 Å². The molecule has 0 saturated carbocycles. The monoisotopic (exact) mass is 291 g/mol. The largest absolute Gasteiger partial charge is 0.494 e. The maximum absolute atomic E-state index is 5.43. The van der Waals surface area contributed by atoms with E-state index in [0.717, 1.165) is 18.8 Å². The third kappa shape index (κ3) is 3.78. The molecule has 0 atom stereocenters. The van der Waals surface area contributed by atoms with E-state index in [9.17, 15) is 0 Å². The molecule has 0 aromatic heterocycles. The smallest absolute Gasteiger partial charge is 0.191 e. The van der Waals surface area contributed by atoms with Gasteiger partial charge >= 0.3 is 0 Å². The second-order valence-electron chi connectivity index (χ2n) is 5.57. The van der Waals surface area contributed by atoms with Crippen molar-refractivity contribution in [3.8, 4) is 5.75 Å². The number of hydrogen-bond donors (Lipinski definition) is 2. The van der Waals surface area contributed by atoms with E-state index in [1.54, 1.807) is 7.11 Å². The third-order valence-electron chi connectivity index (χ3n) is 3.97. The van der Waals surface area contributed by atoms with E-state index in [-0.39, 0.29) is 5.96 Å². The number of rotatable bonds is 4. The summed E-state index contributed by atoms with van der Waals surface area (Å²) in [6, 6.07) is 6.60. The first-order chi connectivity index (χ1) is 10.0. The van der Waals surface area contributed by atoms with Gasteiger partial charge in [0.15, 0.2) is 5.96 Å². The van der Waals surface area contributed by atoms with Gasteiger partial charge in [0.05, 0.1) is 7.11 Å². The lowest BCUT2D eigenvalue weighted by Crippen LogP contribution is -2.41. The van der Waals surface area contributed by atoms with Crippen LogP contribution in [0.3, 0.4) is 0 Å². The van der Waals surface area contributed by atoms with Crippen LogP contribution in [0.1, 0.15) is 12.8 Å². The molecule has 2 rings (SSSR count). The lowest BCUT2D eigenvalue weighted by molar-refractivity contribution is 0.249. The summed E-state index contributed by atoms with van der Waals surface area (Å²) in [7, 11) is 5.92. The highest BCUT2D eigenvalue weighted by molar-refractivity contribution is 5.80. The van der Waals surface area contributed by atoms with Gasteiger partial charge in [-0.2, -0.15) is 0 Å². The molecular formula is C15H25N5O. The van der Waals surface area contributed by atoms with Crippen molar-refractivity contribution in [1.82, 2.24) is 4.90 Å². The fourth-order valence-corrected chi connectivity index (χ4v) is 2.73. The summed E-state index contributed by atoms with van der Waals surface area (Å²) in [5, 5.41) is 0. The number of nitrogens with zero attached hydrogens (tertiary/aromatic N) is 3. The van der Waals surface area contributed by atoms with E-state index in [1.165, 1.54) is 12.8 Å². The summed E-state index contributed by atoms with van der Waals surface area (Å²) < 4.78 is 5.38. The van der Waals surface area contributed by atoms with Gasteiger partial charge in [0.2, 0.25) is 0 Å². The van der Waals surface area contributed by atoms with Crippen molar-refractivity contribution in [3.05, 3.63) is 18.2 Å². The van der Waals surface area contributed by atoms with E-state index < -0.39 is 0 Å². The minimum atomic E-state index is 0.0350. The van der Waals surface area contributed by atoms with Crippen LogP contribution in [0, 0.1) is 0 Å². The molecule has 1 fully saturated rings. The zero-order valence-corrected chi connectivity index (χ0v) is 13.0. The Bertz CT molecular complexity index is 503. The lowest BCUT2D eigenvalue weighted by Gasteiger charge is -2.36. The molecule has 1 aliphatic rings. The minimum absolute atomic E-state index is 0.0350. The maximum Gasteiger partial charge on any atom is 0.191 e. The number of guanidine groups is 1. The Morgan fingerprint density at radius 2 is 1.95 bits per heavy atom. The van der Waals surface area contributed by atoms with E-state index in [4.69, 9.17) is 16.2 Å². The van der Waals surface area contributed by atoms with Crippen LogP contribution in [-0.2, 0) is 0 Å². The molecule has 1 aromatic carbocycles. The van der Waals surface area contributed by atoms with Gasteiger partial charge in [0.25, 0.3) is 0 Å². The molecule has 1 saturated heterocycles. The Morgan fingerprint density at radius 1 is 1.29 bits per heavy atom. The molecule has 1 aromatic rings. The Morgan fingerprint density at radius 3 is 2.48 bits per heavy atom. The van der Waals surface area contributed by atoms with Gasteiger partial charge in [-0.3, -0.25) is 0 Å². The van der Waals surface area contributed by atoms with Crippen molar-refractivity contribution in [2.24, 2.45) is 16.5 Å². The number of anilines is 1. The SMILES string of the molecule is COc1cc(N2CCC(N(C)C)CC2)ccc1N=C(N)N. The predicted molar refractivity (Wildman–Crippen MR) is 87.4 cm³/mol. The molecule has 21 heavy (non-hydrogen) atoms. The molecule has 0 unspecified atom stereocenters. The highest BCUT2D eigenvalue weighted by atomic mass is 16.5. The van der Waals surface area contributed by atoms with Crippen molar-refractivity contribution in [1.29, 1.82) is 0 Å². The fourth-order valence-electron chi connectivity index (χ4n) is 2.73. The quantitative estimate of drug-likeness (QED) is 0.642. The Balaban J connectivity index is 2.13. The van der Waals surface area contributed by atoms with Gasteiger partial charge in [-0.05, 0) is 39.1 Å². The van der Waals surface area contributed by atoms with Crippen LogP contribution in [0.5, 0.6) is 5.75 Å². The average Bonchev–Trinajstić information content (AvgIpc) is 2.47. The standard InChI is InChI=1S/C15H25N5O/c1-19(2)11-6-8-20(9-7-11)12-4-5-13(18-15(16)17)14(10-12)21-3/h4-5,10-11H,6-9H2,1-3H3,(H4,16,17,18). The maximum atomic E-state index is 5.43. The topological polar surface area (TPSA) is 80.1 Å². The van der Waals surface area contributed by atoms with Crippen LogP contribution >= 0.6 is 0 Å². The first-order valence-electron chi connectivity index (χ1n) is 7.20. The van der Waals surface area contributed by atoms with Crippen LogP contribution in [0.25, 0.3) is 0 Å². The predicted octanol–water partition coefficient (Wildman–Crippen LogP) is 1.13. The molecule has 116 valence electrons. The summed E-state index contributed by atoms with van der Waals surface area (Å²) in [5.74, 6) is 0.725. The number of ether oxygens (including phenoxy) is 1. The minimum Gasteiger partial charge on any atom is -0.494 e. The Kier molecular flexibility index (Phi) is 4.90. The number of aliphatic imine (C=N–C) groups is 1. The molecule has 1 heterocycles. The molecule has 0 spiro atoms. The number of hydrogen-bond acceptors (Lipinski definition) is 4. The molecule has 6 heteroatoms. The zero-order valence-electron chi connectivity index (χ0n) is 13.0. The molecule has 0 aliphatic carbocycles. The highest BCUT2D eigenvalue weighted by Gasteiger charge is 2.21. The van der Waals surface area contributed by atoms with Crippen LogP contribution in [0.2, 0.25) is 0 Å². The molecule has 0 radical (unpaired) electrons. The number of benzene rings is 1. The van der Waals surface area contributed by atoms with E-state index in [2.05, 4.69) is 28.9 Å². The van der Waals surface area contributed by atoms with E-state index in [1.807, 2.05) is 18.2 Å². The normalized spacial score (nSPS) is 16.1. The second-order valence-corrected chi connectivity index (χ2v) is 5.57. The van der Waals surface area contributed by atoms with Crippen molar-refractivity contribution in [3.63, 3.8) is 0 Å². The molecule has 0 bridgehead atoms. The van der Waals surface area contributed by atoms with E-state index >= 15 is 0 Å². The molecule has 4 N–H and O–H groups in total. The van der Waals surface area contributed by atoms with Crippen molar-refractivity contribution >= 4 is 17.3 Å². The van der Waals surface area contributed by atoms with Gasteiger partial charge < -0.3 is 26.0 Å². The Labute approximate surface area is 126 Å². The summed E-state index contributed by atoms with van der Waals surface area (Å²) in [5.41, 5.74) is 12.7. The van der Waals surface area contributed by atoms with Gasteiger partial charge in [0.1, 0.15) is 11.4 Å². The summed E-state index contributed by atoms with van der Waals surface area (Å²) in [4.78, 5) is 8.76. The lowest BCUT2D eigenvalue weighted by atomic mass is 10.0. The van der Waals surface area contributed by atoms with Gasteiger partial charge in [0, 0.05) is 30.9 Å². The Hall–Kier alpha value is -1.95. The second kappa shape index (κ2) is 6.67. The van der Waals surface area contributed by atoms with Crippen LogP contribution in [0.15, 0.2) is 23.2 Å². The first-order valence-corrected chi connectivity index (χ1v) is 7.20. The summed E-state index contributed by atoms with van der Waals surface area (Å²) in [6.45, 7) is 2.10. The van der Waals surface area contributed by atoms with Crippen LogP contribution in [-0.4, -0.2) is 51.2 Å². The van der Waals surface area contributed by atoms with Crippen molar-refractivity contribution in [2.45, 2.75) is 18.9 Å². The zero-order chi connectivity index (χ0) is 15.4. The highest BCUT2D eigenvalue weighted by Crippen LogP contribution is 2.33. The third-order valence-corrected chi connectivity index (χ3v) is 3.97. The van der Waals surface area contributed by atoms with Crippen LogP contribution in [0.4, 0.5) is 11.4 Å². The fraction of sp³-hybridized carbons (Fsp3) is 0.533. The van der Waals surface area contributed by atoms with E-state index in [0.29, 0.717) is 17.5 Å². The van der Waals surface area contributed by atoms with Gasteiger partial charge in [-0.1, -0.05) is 0 Å². The summed E-state index contributed by atoms with van der Waals surface area (Å²) in [6.07, 6.45) is 2.34. The van der Waals surface area contributed by atoms with Gasteiger partial charge in [-0.15, -0.1) is 0 Å². The van der Waals surface area contributed by atoms with Crippen molar-refractivity contribution in [2.75, 3.05) is 39.2 Å². The summed E-state index contributed by atoms with van der Waals surface area (Å²) >= 11 is 0. The average molecular weight is 291 g/mol. The number of piperidine rings is 1.